The van der Waals surface area contributed by atoms with Crippen LogP contribution in [0.1, 0.15) is 25.0 Å². The molecule has 1 aliphatic heterocycles. The standard InChI is InChI=1S/C23H26N6O/c1-23(2,19-6-4-16(9-24)5-7-19)15-25-12-20-13-26-21-8-17(10-27-22(21)30-20)18-11-28-29(3)14-18/h4-8,10-11,14,20,25-26H,12-13,15H2,1-3H3. The van der Waals surface area contributed by atoms with E-state index >= 15 is 0 Å². The van der Waals surface area contributed by atoms with Gasteiger partial charge in [0.25, 0.3) is 0 Å². The Morgan fingerprint density at radius 1 is 1.27 bits per heavy atom. The fraction of sp³-hybridized carbons (Fsp3) is 0.348. The highest BCUT2D eigenvalue weighted by molar-refractivity contribution is 5.69. The number of nitrogens with zero attached hydrogens (tertiary/aromatic N) is 4. The summed E-state index contributed by atoms with van der Waals surface area (Å²) in [6.07, 6.45) is 5.62. The maximum Gasteiger partial charge on any atom is 0.237 e. The smallest absolute Gasteiger partial charge is 0.237 e. The number of nitrogens with one attached hydrogen (secondary N) is 2. The molecular formula is C23H26N6O. The van der Waals surface area contributed by atoms with Crippen molar-refractivity contribution in [3.05, 3.63) is 60.0 Å². The van der Waals surface area contributed by atoms with Gasteiger partial charge in [0.1, 0.15) is 6.10 Å². The molecule has 2 aromatic heterocycles. The SMILES string of the molecule is Cn1cc(-c2cnc3c(c2)NCC(CNCC(C)(C)c2ccc(C#N)cc2)O3)cn1. The van der Waals surface area contributed by atoms with Gasteiger partial charge in [-0.3, -0.25) is 4.68 Å². The van der Waals surface area contributed by atoms with Crippen molar-refractivity contribution < 1.29 is 4.74 Å². The van der Waals surface area contributed by atoms with E-state index in [1.165, 1.54) is 5.56 Å². The number of hydrogen-bond acceptors (Lipinski definition) is 6. The Kier molecular flexibility index (Phi) is 5.42. The first kappa shape index (κ1) is 19.9. The maximum atomic E-state index is 8.97. The van der Waals surface area contributed by atoms with Crippen LogP contribution in [-0.4, -0.2) is 40.5 Å². The van der Waals surface area contributed by atoms with Crippen molar-refractivity contribution >= 4 is 5.69 Å². The van der Waals surface area contributed by atoms with Gasteiger partial charge in [0.2, 0.25) is 5.88 Å². The molecule has 0 aliphatic carbocycles. The van der Waals surface area contributed by atoms with Crippen molar-refractivity contribution in [2.24, 2.45) is 7.05 Å². The Bertz CT molecular complexity index is 1060. The van der Waals surface area contributed by atoms with Crippen LogP contribution in [0.25, 0.3) is 11.1 Å². The predicted octanol–water partition coefficient (Wildman–Crippen LogP) is 3.09. The van der Waals surface area contributed by atoms with Crippen molar-refractivity contribution in [1.82, 2.24) is 20.1 Å². The molecular weight excluding hydrogens is 376 g/mol. The highest BCUT2D eigenvalue weighted by atomic mass is 16.5. The molecule has 0 spiro atoms. The number of benzene rings is 1. The van der Waals surface area contributed by atoms with Crippen LogP contribution in [-0.2, 0) is 12.5 Å². The van der Waals surface area contributed by atoms with Gasteiger partial charge in [-0.25, -0.2) is 4.98 Å². The molecule has 1 aromatic carbocycles. The fourth-order valence-electron chi connectivity index (χ4n) is 3.58. The zero-order chi connectivity index (χ0) is 21.1. The van der Waals surface area contributed by atoms with E-state index in [4.69, 9.17) is 10.00 Å². The highest BCUT2D eigenvalue weighted by Gasteiger charge is 2.24. The lowest BCUT2D eigenvalue weighted by molar-refractivity contribution is 0.191. The Morgan fingerprint density at radius 3 is 2.77 bits per heavy atom. The van der Waals surface area contributed by atoms with Gasteiger partial charge in [0.15, 0.2) is 0 Å². The minimum Gasteiger partial charge on any atom is -0.470 e. The van der Waals surface area contributed by atoms with E-state index in [9.17, 15) is 0 Å². The third-order valence-electron chi connectivity index (χ3n) is 5.42. The number of rotatable bonds is 6. The molecule has 3 aromatic rings. The monoisotopic (exact) mass is 402 g/mol. The van der Waals surface area contributed by atoms with Gasteiger partial charge in [0.05, 0.1) is 30.1 Å². The van der Waals surface area contributed by atoms with E-state index in [1.807, 2.05) is 49.9 Å². The lowest BCUT2D eigenvalue weighted by Crippen LogP contribution is -2.43. The second kappa shape index (κ2) is 8.17. The summed E-state index contributed by atoms with van der Waals surface area (Å²) in [5.74, 6) is 0.632. The lowest BCUT2D eigenvalue weighted by atomic mass is 9.84. The van der Waals surface area contributed by atoms with E-state index in [-0.39, 0.29) is 11.5 Å². The Balaban J connectivity index is 1.33. The molecule has 154 valence electrons. The molecule has 0 saturated carbocycles. The van der Waals surface area contributed by atoms with E-state index in [0.29, 0.717) is 11.4 Å². The molecule has 1 atom stereocenters. The summed E-state index contributed by atoms with van der Waals surface area (Å²) < 4.78 is 7.86. The van der Waals surface area contributed by atoms with Crippen LogP contribution in [0.5, 0.6) is 5.88 Å². The van der Waals surface area contributed by atoms with Gasteiger partial charge in [-0.2, -0.15) is 10.4 Å². The van der Waals surface area contributed by atoms with Gasteiger partial charge >= 0.3 is 0 Å². The van der Waals surface area contributed by atoms with Crippen molar-refractivity contribution in [2.45, 2.75) is 25.4 Å². The van der Waals surface area contributed by atoms with Gasteiger partial charge in [-0.15, -0.1) is 0 Å². The first-order valence-corrected chi connectivity index (χ1v) is 10.1. The number of hydrogen-bond donors (Lipinski definition) is 2. The lowest BCUT2D eigenvalue weighted by Gasteiger charge is -2.30. The van der Waals surface area contributed by atoms with Crippen LogP contribution in [0.4, 0.5) is 5.69 Å². The zero-order valence-electron chi connectivity index (χ0n) is 17.5. The van der Waals surface area contributed by atoms with E-state index in [0.717, 1.165) is 36.4 Å². The Labute approximate surface area is 176 Å². The summed E-state index contributed by atoms with van der Waals surface area (Å²) in [5.41, 5.74) is 4.78. The summed E-state index contributed by atoms with van der Waals surface area (Å²) in [6, 6.07) is 12.0. The van der Waals surface area contributed by atoms with Crippen molar-refractivity contribution in [3.8, 4) is 23.1 Å². The molecule has 3 heterocycles. The Hall–Kier alpha value is -3.37. The number of anilines is 1. The first-order valence-electron chi connectivity index (χ1n) is 10.1. The summed E-state index contributed by atoms with van der Waals surface area (Å²) in [4.78, 5) is 4.50. The van der Waals surface area contributed by atoms with Crippen molar-refractivity contribution in [1.29, 1.82) is 5.26 Å². The summed E-state index contributed by atoms with van der Waals surface area (Å²) in [6.45, 7) is 6.63. The van der Waals surface area contributed by atoms with Crippen LogP contribution in [0, 0.1) is 11.3 Å². The molecule has 0 saturated heterocycles. The summed E-state index contributed by atoms with van der Waals surface area (Å²) >= 11 is 0. The number of aryl methyl sites for hydroxylation is 1. The number of pyridine rings is 1. The Morgan fingerprint density at radius 2 is 2.07 bits per heavy atom. The number of aromatic nitrogens is 3. The predicted molar refractivity (Wildman–Crippen MR) is 116 cm³/mol. The van der Waals surface area contributed by atoms with Crippen LogP contribution in [0.2, 0.25) is 0 Å². The van der Waals surface area contributed by atoms with E-state index in [1.54, 1.807) is 4.68 Å². The maximum absolute atomic E-state index is 8.97. The molecule has 0 fully saturated rings. The molecule has 7 heteroatoms. The molecule has 0 amide bonds. The average Bonchev–Trinajstić information content (AvgIpc) is 3.19. The molecule has 30 heavy (non-hydrogen) atoms. The van der Waals surface area contributed by atoms with E-state index < -0.39 is 0 Å². The normalized spacial score (nSPS) is 15.6. The minimum atomic E-state index is -0.0507. The van der Waals surface area contributed by atoms with Crippen molar-refractivity contribution in [2.75, 3.05) is 25.0 Å². The number of ether oxygens (including phenoxy) is 1. The molecule has 0 bridgehead atoms. The quantitative estimate of drug-likeness (QED) is 0.659. The van der Waals surface area contributed by atoms with Crippen molar-refractivity contribution in [3.63, 3.8) is 0 Å². The second-order valence-electron chi connectivity index (χ2n) is 8.30. The minimum absolute atomic E-state index is 0.00556. The fourth-order valence-corrected chi connectivity index (χ4v) is 3.58. The number of fused-ring (bicyclic) bond motifs is 1. The van der Waals surface area contributed by atoms with Gasteiger partial charge in [-0.05, 0) is 23.8 Å². The summed E-state index contributed by atoms with van der Waals surface area (Å²) in [7, 11) is 1.90. The molecule has 1 aliphatic rings. The number of nitriles is 1. The molecule has 0 radical (unpaired) electrons. The summed E-state index contributed by atoms with van der Waals surface area (Å²) in [5, 5.41) is 20.1. The second-order valence-corrected chi connectivity index (χ2v) is 8.30. The third-order valence-corrected chi connectivity index (χ3v) is 5.42. The molecule has 4 rings (SSSR count). The topological polar surface area (TPSA) is 87.8 Å². The zero-order valence-corrected chi connectivity index (χ0v) is 17.5. The molecule has 2 N–H and O–H groups in total. The van der Waals surface area contributed by atoms with Gasteiger partial charge in [-0.1, -0.05) is 26.0 Å². The van der Waals surface area contributed by atoms with Gasteiger partial charge in [0, 0.05) is 49.1 Å². The van der Waals surface area contributed by atoms with Crippen LogP contribution >= 0.6 is 0 Å². The van der Waals surface area contributed by atoms with Crippen LogP contribution in [0.15, 0.2) is 48.9 Å². The van der Waals surface area contributed by atoms with Gasteiger partial charge < -0.3 is 15.4 Å². The highest BCUT2D eigenvalue weighted by Crippen LogP contribution is 2.31. The largest absolute Gasteiger partial charge is 0.470 e. The van der Waals surface area contributed by atoms with E-state index in [2.05, 4.69) is 46.7 Å². The van der Waals surface area contributed by atoms with Crippen LogP contribution < -0.4 is 15.4 Å². The molecule has 1 unspecified atom stereocenters. The van der Waals surface area contributed by atoms with Crippen LogP contribution in [0.3, 0.4) is 0 Å². The molecule has 7 nitrogen and oxygen atoms in total. The first-order chi connectivity index (χ1) is 14.4. The average molecular weight is 403 g/mol. The third kappa shape index (κ3) is 4.29.